The van der Waals surface area contributed by atoms with E-state index in [1.54, 1.807) is 31.4 Å². The van der Waals surface area contributed by atoms with Gasteiger partial charge in [0.15, 0.2) is 10.2 Å². The van der Waals surface area contributed by atoms with Gasteiger partial charge in [-0.3, -0.25) is 10.1 Å². The third-order valence-corrected chi connectivity index (χ3v) is 6.44. The van der Waals surface area contributed by atoms with E-state index < -0.39 is 5.91 Å². The molecule has 0 saturated heterocycles. The number of nitrogens with one attached hydrogen (secondary N) is 2. The third-order valence-electron chi connectivity index (χ3n) is 4.60. The Balaban J connectivity index is 1.36. The Morgan fingerprint density at radius 3 is 2.76 bits per heavy atom. The lowest BCUT2D eigenvalue weighted by Crippen LogP contribution is -2.32. The molecule has 0 bridgehead atoms. The van der Waals surface area contributed by atoms with Crippen LogP contribution in [0.3, 0.4) is 0 Å². The largest absolute Gasteiger partial charge is 0.495 e. The number of hydrogen-bond donors (Lipinski definition) is 2. The van der Waals surface area contributed by atoms with Gasteiger partial charge < -0.3 is 14.5 Å². The molecule has 10 heteroatoms. The summed E-state index contributed by atoms with van der Waals surface area (Å²) in [5.41, 5.74) is 2.54. The van der Waals surface area contributed by atoms with Crippen molar-refractivity contribution in [3.63, 3.8) is 0 Å². The van der Waals surface area contributed by atoms with Gasteiger partial charge in [-0.2, -0.15) is 0 Å². The van der Waals surface area contributed by atoms with Gasteiger partial charge >= 0.3 is 0 Å². The maximum Gasteiger partial charge on any atom is 0.250 e. The fourth-order valence-electron chi connectivity index (χ4n) is 2.92. The molecule has 168 valence electrons. The highest BCUT2D eigenvalue weighted by Crippen LogP contribution is 2.34. The van der Waals surface area contributed by atoms with Crippen molar-refractivity contribution in [2.24, 2.45) is 0 Å². The van der Waals surface area contributed by atoms with Gasteiger partial charge in [0.25, 0.3) is 0 Å². The number of hydrogen-bond acceptors (Lipinski definition) is 6. The minimum atomic E-state index is -0.408. The second kappa shape index (κ2) is 9.93. The fraction of sp³-hybridized carbons (Fsp3) is 0.0870. The zero-order valence-corrected chi connectivity index (χ0v) is 20.6. The Labute approximate surface area is 209 Å². The van der Waals surface area contributed by atoms with Crippen LogP contribution < -0.4 is 15.4 Å². The van der Waals surface area contributed by atoms with Gasteiger partial charge in [0, 0.05) is 22.7 Å². The van der Waals surface area contributed by atoms with Crippen molar-refractivity contribution < 1.29 is 13.9 Å². The molecule has 1 amide bonds. The molecule has 2 aromatic heterocycles. The summed E-state index contributed by atoms with van der Waals surface area (Å²) < 4.78 is 11.9. The molecule has 0 radical (unpaired) electrons. The predicted octanol–water partition coefficient (Wildman–Crippen LogP) is 6.71. The Hall–Kier alpha value is -2.91. The number of thiocarbonyl (C=S) groups is 1. The molecular weight excluding hydrogens is 501 g/mol. The molecule has 4 aromatic rings. The van der Waals surface area contributed by atoms with Crippen molar-refractivity contribution in [2.75, 3.05) is 12.4 Å². The first-order valence-corrected chi connectivity index (χ1v) is 11.6. The average Bonchev–Trinajstić information content (AvgIpc) is 3.39. The Kier molecular flexibility index (Phi) is 6.99. The standard InChI is InChI=1S/C23H17Cl2N3O3S2/c1-12-3-4-13(9-15(12)24)18-7-5-14(31-18)6-8-21(29)27-22(32)28-23-26-17-10-16(25)19(30-2)11-20(17)33-23/h3-11H,1-2H3,(H2,26,27,28,29,32)/b8-6+. The van der Waals surface area contributed by atoms with Crippen molar-refractivity contribution in [3.8, 4) is 17.1 Å². The summed E-state index contributed by atoms with van der Waals surface area (Å²) in [4.78, 5) is 16.7. The Morgan fingerprint density at radius 1 is 1.18 bits per heavy atom. The third kappa shape index (κ3) is 5.54. The average molecular weight is 518 g/mol. The molecule has 2 heterocycles. The summed E-state index contributed by atoms with van der Waals surface area (Å²) in [6.45, 7) is 1.93. The van der Waals surface area contributed by atoms with Crippen LogP contribution in [0.2, 0.25) is 10.0 Å². The number of methoxy groups -OCH3 is 1. The van der Waals surface area contributed by atoms with Gasteiger partial charge in [-0.15, -0.1) is 0 Å². The molecule has 6 nitrogen and oxygen atoms in total. The van der Waals surface area contributed by atoms with Gasteiger partial charge in [0.1, 0.15) is 17.3 Å². The number of ether oxygens (including phenoxy) is 1. The second-order valence-electron chi connectivity index (χ2n) is 6.92. The highest BCUT2D eigenvalue weighted by molar-refractivity contribution is 7.80. The van der Waals surface area contributed by atoms with Gasteiger partial charge in [-0.1, -0.05) is 46.7 Å². The normalized spacial score (nSPS) is 11.2. The number of furan rings is 1. The zero-order chi connectivity index (χ0) is 23.5. The van der Waals surface area contributed by atoms with Crippen LogP contribution in [0.15, 0.2) is 53.0 Å². The molecule has 0 aliphatic heterocycles. The van der Waals surface area contributed by atoms with E-state index in [0.29, 0.717) is 38.0 Å². The number of thiazole rings is 1. The summed E-state index contributed by atoms with van der Waals surface area (Å²) >= 11 is 18.9. The summed E-state index contributed by atoms with van der Waals surface area (Å²) in [7, 11) is 1.55. The van der Waals surface area contributed by atoms with Crippen LogP contribution in [0.25, 0.3) is 27.6 Å². The second-order valence-corrected chi connectivity index (χ2v) is 9.17. The Morgan fingerprint density at radius 2 is 2.00 bits per heavy atom. The van der Waals surface area contributed by atoms with Crippen LogP contribution in [0, 0.1) is 6.92 Å². The number of aryl methyl sites for hydroxylation is 1. The molecule has 0 spiro atoms. The van der Waals surface area contributed by atoms with E-state index in [-0.39, 0.29) is 5.11 Å². The fourth-order valence-corrected chi connectivity index (χ4v) is 4.48. The van der Waals surface area contributed by atoms with Crippen LogP contribution >= 0.6 is 46.8 Å². The topological polar surface area (TPSA) is 76.4 Å². The highest BCUT2D eigenvalue weighted by atomic mass is 35.5. The SMILES string of the molecule is COc1cc2sc(NC(=S)NC(=O)/C=C/c3ccc(-c4ccc(C)c(Cl)c4)o3)nc2cc1Cl. The number of carbonyl (C=O) groups is 1. The molecule has 33 heavy (non-hydrogen) atoms. The molecule has 0 unspecified atom stereocenters. The first-order chi connectivity index (χ1) is 15.8. The number of rotatable bonds is 5. The molecule has 4 rings (SSSR count). The molecule has 0 aliphatic rings. The van der Waals surface area contributed by atoms with E-state index in [2.05, 4.69) is 15.6 Å². The molecule has 2 aromatic carbocycles. The van der Waals surface area contributed by atoms with Crippen LogP contribution in [0.4, 0.5) is 5.13 Å². The minimum absolute atomic E-state index is 0.121. The number of halogens is 2. The van der Waals surface area contributed by atoms with Crippen molar-refractivity contribution in [1.82, 2.24) is 10.3 Å². The zero-order valence-electron chi connectivity index (χ0n) is 17.4. The van der Waals surface area contributed by atoms with Crippen LogP contribution in [-0.2, 0) is 4.79 Å². The van der Waals surface area contributed by atoms with Crippen LogP contribution in [0.1, 0.15) is 11.3 Å². The van der Waals surface area contributed by atoms with E-state index in [1.807, 2.05) is 31.2 Å². The van der Waals surface area contributed by atoms with E-state index in [4.69, 9.17) is 44.6 Å². The summed E-state index contributed by atoms with van der Waals surface area (Å²) in [5, 5.41) is 7.26. The van der Waals surface area contributed by atoms with E-state index in [0.717, 1.165) is 15.8 Å². The molecule has 0 fully saturated rings. The van der Waals surface area contributed by atoms with Gasteiger partial charge in [0.2, 0.25) is 5.91 Å². The molecule has 2 N–H and O–H groups in total. The van der Waals surface area contributed by atoms with Crippen LogP contribution in [0.5, 0.6) is 5.75 Å². The monoisotopic (exact) mass is 517 g/mol. The predicted molar refractivity (Wildman–Crippen MR) is 138 cm³/mol. The number of carbonyl (C=O) groups excluding carboxylic acids is 1. The maximum atomic E-state index is 12.2. The van der Waals surface area contributed by atoms with Gasteiger partial charge in [-0.05, 0) is 55.0 Å². The number of amides is 1. The summed E-state index contributed by atoms with van der Waals surface area (Å²) in [6.07, 6.45) is 2.89. The molecule has 0 saturated carbocycles. The van der Waals surface area contributed by atoms with Crippen molar-refractivity contribution >= 4 is 79.2 Å². The van der Waals surface area contributed by atoms with E-state index in [1.165, 1.54) is 17.4 Å². The van der Waals surface area contributed by atoms with Crippen molar-refractivity contribution in [1.29, 1.82) is 0 Å². The smallest absolute Gasteiger partial charge is 0.250 e. The highest BCUT2D eigenvalue weighted by Gasteiger charge is 2.11. The Bertz CT molecular complexity index is 1400. The molecular formula is C23H17Cl2N3O3S2. The van der Waals surface area contributed by atoms with E-state index >= 15 is 0 Å². The first kappa shape index (κ1) is 23.3. The molecule has 0 aliphatic carbocycles. The quantitative estimate of drug-likeness (QED) is 0.226. The number of fused-ring (bicyclic) bond motifs is 1. The van der Waals surface area contributed by atoms with E-state index in [9.17, 15) is 4.79 Å². The lowest BCUT2D eigenvalue weighted by Gasteiger charge is -2.04. The number of benzene rings is 2. The van der Waals surface area contributed by atoms with Crippen molar-refractivity contribution in [3.05, 3.63) is 69.9 Å². The summed E-state index contributed by atoms with van der Waals surface area (Å²) in [6, 6.07) is 12.8. The number of anilines is 1. The first-order valence-electron chi connectivity index (χ1n) is 9.63. The maximum absolute atomic E-state index is 12.2. The van der Waals surface area contributed by atoms with Crippen LogP contribution in [-0.4, -0.2) is 23.1 Å². The molecule has 0 atom stereocenters. The van der Waals surface area contributed by atoms with Gasteiger partial charge in [-0.25, -0.2) is 4.98 Å². The lowest BCUT2D eigenvalue weighted by atomic mass is 10.1. The number of aromatic nitrogens is 1. The minimum Gasteiger partial charge on any atom is -0.495 e. The summed E-state index contributed by atoms with van der Waals surface area (Å²) in [5.74, 6) is 1.33. The van der Waals surface area contributed by atoms with Crippen molar-refractivity contribution in [2.45, 2.75) is 6.92 Å². The lowest BCUT2D eigenvalue weighted by molar-refractivity contribution is -0.115. The van der Waals surface area contributed by atoms with Gasteiger partial charge in [0.05, 0.1) is 22.3 Å². The number of nitrogens with zero attached hydrogens (tertiary/aromatic N) is 1.